The van der Waals surface area contributed by atoms with Crippen molar-refractivity contribution in [1.82, 2.24) is 9.80 Å². The van der Waals surface area contributed by atoms with E-state index in [2.05, 4.69) is 0 Å². The number of methoxy groups -OCH3 is 1. The molecule has 1 N–H and O–H groups in total. The summed E-state index contributed by atoms with van der Waals surface area (Å²) in [4.78, 5) is 41.6. The maximum Gasteiger partial charge on any atom is 0.337 e. The molecule has 1 amide bonds. The van der Waals surface area contributed by atoms with Gasteiger partial charge in [-0.05, 0) is 68.5 Å². The quantitative estimate of drug-likeness (QED) is 0.191. The zero-order chi connectivity index (χ0) is 28.1. The molecule has 202 valence electrons. The summed E-state index contributed by atoms with van der Waals surface area (Å²) in [7, 11) is 5.05. The predicted molar refractivity (Wildman–Crippen MR) is 147 cm³/mol. The van der Waals surface area contributed by atoms with E-state index in [4.69, 9.17) is 9.47 Å². The van der Waals surface area contributed by atoms with Crippen LogP contribution in [0.2, 0.25) is 0 Å². The second-order valence-electron chi connectivity index (χ2n) is 9.71. The molecule has 3 aromatic rings. The number of carbonyl (C=O) groups is 3. The molecule has 8 nitrogen and oxygen atoms in total. The summed E-state index contributed by atoms with van der Waals surface area (Å²) in [6, 6.07) is 20.5. The first-order chi connectivity index (χ1) is 18.7. The SMILES string of the molecule is COC(=O)c1ccc([C@H]2C(=C(O)c3ccc(OCc4cccc(C)c4)cc3)C(=O)C(=O)N2CCN(C)C)cc1. The van der Waals surface area contributed by atoms with Gasteiger partial charge in [0.05, 0.1) is 24.3 Å². The molecule has 8 heteroatoms. The Labute approximate surface area is 228 Å². The number of esters is 1. The summed E-state index contributed by atoms with van der Waals surface area (Å²) in [6.45, 7) is 3.22. The molecule has 0 spiro atoms. The molecular weight excluding hydrogens is 496 g/mol. The van der Waals surface area contributed by atoms with Crippen molar-refractivity contribution in [3.8, 4) is 5.75 Å². The van der Waals surface area contributed by atoms with E-state index in [1.807, 2.05) is 50.2 Å². The standard InChI is InChI=1S/C31H32N2O6/c1-20-6-5-7-21(18-20)19-39-25-14-12-23(13-15-25)28(34)26-27(22-8-10-24(11-9-22)31(37)38-4)33(17-16-32(2)3)30(36)29(26)35/h5-15,18,27,34H,16-17,19H2,1-4H3/t27-/m0/s1. The van der Waals surface area contributed by atoms with Gasteiger partial charge >= 0.3 is 5.97 Å². The van der Waals surface area contributed by atoms with Crippen molar-refractivity contribution in [2.45, 2.75) is 19.6 Å². The van der Waals surface area contributed by atoms with Gasteiger partial charge in [0.25, 0.3) is 11.7 Å². The lowest BCUT2D eigenvalue weighted by Gasteiger charge is -2.26. The maximum atomic E-state index is 13.2. The van der Waals surface area contributed by atoms with Crippen molar-refractivity contribution in [2.24, 2.45) is 0 Å². The number of likely N-dealkylation sites (tertiary alicyclic amines) is 1. The van der Waals surface area contributed by atoms with E-state index < -0.39 is 23.7 Å². The number of ether oxygens (including phenoxy) is 2. The minimum Gasteiger partial charge on any atom is -0.507 e. The van der Waals surface area contributed by atoms with Gasteiger partial charge < -0.3 is 24.4 Å². The molecule has 0 aliphatic carbocycles. The number of hydrogen-bond donors (Lipinski definition) is 1. The average molecular weight is 529 g/mol. The monoisotopic (exact) mass is 528 g/mol. The van der Waals surface area contributed by atoms with Gasteiger partial charge in [-0.3, -0.25) is 9.59 Å². The summed E-state index contributed by atoms with van der Waals surface area (Å²) in [6.07, 6.45) is 0. The number of ketones is 1. The van der Waals surface area contributed by atoms with E-state index >= 15 is 0 Å². The Balaban J connectivity index is 1.66. The fourth-order valence-corrected chi connectivity index (χ4v) is 4.52. The molecule has 0 bridgehead atoms. The third-order valence-corrected chi connectivity index (χ3v) is 6.59. The fourth-order valence-electron chi connectivity index (χ4n) is 4.52. The average Bonchev–Trinajstić information content (AvgIpc) is 3.19. The normalized spacial score (nSPS) is 16.5. The zero-order valence-corrected chi connectivity index (χ0v) is 22.5. The Morgan fingerprint density at radius 1 is 0.974 bits per heavy atom. The fraction of sp³-hybridized carbons (Fsp3) is 0.258. The van der Waals surface area contributed by atoms with Crippen LogP contribution in [0.4, 0.5) is 0 Å². The van der Waals surface area contributed by atoms with Gasteiger partial charge in [-0.25, -0.2) is 4.79 Å². The van der Waals surface area contributed by atoms with Gasteiger partial charge in [-0.15, -0.1) is 0 Å². The third kappa shape index (κ3) is 6.18. The number of carbonyl (C=O) groups excluding carboxylic acids is 3. The molecule has 1 heterocycles. The molecule has 39 heavy (non-hydrogen) atoms. The first-order valence-electron chi connectivity index (χ1n) is 12.6. The molecule has 0 saturated carbocycles. The Kier molecular flexibility index (Phi) is 8.46. The van der Waals surface area contributed by atoms with Gasteiger partial charge in [0, 0.05) is 18.7 Å². The minimum absolute atomic E-state index is 0.00185. The van der Waals surface area contributed by atoms with E-state index in [1.165, 1.54) is 12.0 Å². The Morgan fingerprint density at radius 2 is 1.64 bits per heavy atom. The summed E-state index contributed by atoms with van der Waals surface area (Å²) in [5.41, 5.74) is 3.51. The van der Waals surface area contributed by atoms with E-state index in [1.54, 1.807) is 48.5 Å². The largest absolute Gasteiger partial charge is 0.507 e. The van der Waals surface area contributed by atoms with Crippen molar-refractivity contribution in [3.05, 3.63) is 106 Å². The highest BCUT2D eigenvalue weighted by atomic mass is 16.5. The number of hydrogen-bond acceptors (Lipinski definition) is 7. The lowest BCUT2D eigenvalue weighted by Crippen LogP contribution is -2.35. The molecule has 0 unspecified atom stereocenters. The first-order valence-corrected chi connectivity index (χ1v) is 12.6. The summed E-state index contributed by atoms with van der Waals surface area (Å²) in [5.74, 6) is -1.60. The molecule has 1 aliphatic heterocycles. The van der Waals surface area contributed by atoms with Gasteiger partial charge in [0.2, 0.25) is 0 Å². The molecule has 1 aliphatic rings. The van der Waals surface area contributed by atoms with Gasteiger partial charge in [-0.2, -0.15) is 0 Å². The highest BCUT2D eigenvalue weighted by Crippen LogP contribution is 2.39. The van der Waals surface area contributed by atoms with E-state index in [0.717, 1.165) is 11.1 Å². The van der Waals surface area contributed by atoms with Crippen LogP contribution < -0.4 is 4.74 Å². The predicted octanol–water partition coefficient (Wildman–Crippen LogP) is 4.34. The number of aliphatic hydroxyl groups is 1. The topological polar surface area (TPSA) is 96.4 Å². The summed E-state index contributed by atoms with van der Waals surface area (Å²) >= 11 is 0. The zero-order valence-electron chi connectivity index (χ0n) is 22.5. The highest BCUT2D eigenvalue weighted by molar-refractivity contribution is 6.46. The number of likely N-dealkylation sites (N-methyl/N-ethyl adjacent to an activating group) is 1. The number of rotatable bonds is 9. The van der Waals surface area contributed by atoms with Crippen LogP contribution in [0.15, 0.2) is 78.4 Å². The minimum atomic E-state index is -0.811. The molecule has 3 aromatic carbocycles. The Bertz CT molecular complexity index is 1390. The van der Waals surface area contributed by atoms with Crippen LogP contribution in [0.3, 0.4) is 0 Å². The van der Waals surface area contributed by atoms with Crippen LogP contribution in [0, 0.1) is 6.92 Å². The van der Waals surface area contributed by atoms with Crippen LogP contribution in [0.1, 0.15) is 38.7 Å². The van der Waals surface area contributed by atoms with Crippen LogP contribution in [0.25, 0.3) is 5.76 Å². The van der Waals surface area contributed by atoms with Crippen LogP contribution in [-0.2, 0) is 20.9 Å². The van der Waals surface area contributed by atoms with E-state index in [0.29, 0.717) is 35.6 Å². The lowest BCUT2D eigenvalue weighted by molar-refractivity contribution is -0.140. The summed E-state index contributed by atoms with van der Waals surface area (Å²) < 4.78 is 10.7. The third-order valence-electron chi connectivity index (χ3n) is 6.59. The Morgan fingerprint density at radius 3 is 2.26 bits per heavy atom. The maximum absolute atomic E-state index is 13.2. The highest BCUT2D eigenvalue weighted by Gasteiger charge is 2.45. The molecule has 1 saturated heterocycles. The smallest absolute Gasteiger partial charge is 0.337 e. The van der Waals surface area contributed by atoms with Crippen molar-refractivity contribution >= 4 is 23.4 Å². The van der Waals surface area contributed by atoms with Crippen molar-refractivity contribution in [1.29, 1.82) is 0 Å². The second-order valence-corrected chi connectivity index (χ2v) is 9.71. The number of aryl methyl sites for hydroxylation is 1. The molecule has 1 fully saturated rings. The van der Waals surface area contributed by atoms with Gasteiger partial charge in [-0.1, -0.05) is 42.0 Å². The van der Waals surface area contributed by atoms with Gasteiger partial charge in [0.1, 0.15) is 18.1 Å². The number of aliphatic hydroxyl groups excluding tert-OH is 1. The van der Waals surface area contributed by atoms with Crippen molar-refractivity contribution in [2.75, 3.05) is 34.3 Å². The summed E-state index contributed by atoms with van der Waals surface area (Å²) in [5, 5.41) is 11.3. The number of amides is 1. The van der Waals surface area contributed by atoms with E-state index in [-0.39, 0.29) is 17.9 Å². The molecule has 4 rings (SSSR count). The van der Waals surface area contributed by atoms with Crippen molar-refractivity contribution < 1.29 is 29.0 Å². The molecular formula is C31H32N2O6. The van der Waals surface area contributed by atoms with Crippen LogP contribution in [0.5, 0.6) is 5.75 Å². The van der Waals surface area contributed by atoms with Crippen LogP contribution >= 0.6 is 0 Å². The number of benzene rings is 3. The van der Waals surface area contributed by atoms with Crippen molar-refractivity contribution in [3.63, 3.8) is 0 Å². The number of Topliss-reactive ketones (excluding diaryl/α,β-unsaturated/α-hetero) is 1. The number of nitrogens with zero attached hydrogens (tertiary/aromatic N) is 2. The van der Waals surface area contributed by atoms with Crippen LogP contribution in [-0.4, -0.2) is 66.9 Å². The molecule has 1 atom stereocenters. The molecule has 0 radical (unpaired) electrons. The second kappa shape index (κ2) is 12.0. The lowest BCUT2D eigenvalue weighted by atomic mass is 9.94. The Hall–Kier alpha value is -4.43. The van der Waals surface area contributed by atoms with E-state index in [9.17, 15) is 19.5 Å². The van der Waals surface area contributed by atoms with Gasteiger partial charge in [0.15, 0.2) is 0 Å². The first kappa shape index (κ1) is 27.6. The molecule has 0 aromatic heterocycles.